The minimum Gasteiger partial charge on any atom is -0.325 e. The number of likely N-dealkylation sites (tertiary alicyclic amines) is 1. The van der Waals surface area contributed by atoms with Crippen LogP contribution in [0.1, 0.15) is 37.4 Å². The average Bonchev–Trinajstić information content (AvgIpc) is 2.32. The molecule has 1 aromatic rings. The number of piperidine rings is 1. The van der Waals surface area contributed by atoms with Gasteiger partial charge >= 0.3 is 0 Å². The van der Waals surface area contributed by atoms with Crippen LogP contribution in [-0.2, 0) is 13.1 Å². The third-order valence-electron chi connectivity index (χ3n) is 3.42. The maximum absolute atomic E-state index is 5.60. The third kappa shape index (κ3) is 2.80. The summed E-state index contributed by atoms with van der Waals surface area (Å²) in [5.74, 6) is 0. The van der Waals surface area contributed by atoms with Crippen LogP contribution >= 0.6 is 0 Å². The van der Waals surface area contributed by atoms with Gasteiger partial charge in [0.2, 0.25) is 0 Å². The minimum absolute atomic E-state index is 0.531. The first-order valence-corrected chi connectivity index (χ1v) is 6.17. The van der Waals surface area contributed by atoms with Gasteiger partial charge < -0.3 is 5.73 Å². The molecule has 1 saturated heterocycles. The molecule has 3 nitrogen and oxygen atoms in total. The van der Waals surface area contributed by atoms with E-state index in [1.807, 2.05) is 6.20 Å². The van der Waals surface area contributed by atoms with Crippen LogP contribution in [0.25, 0.3) is 0 Å². The number of nitrogens with zero attached hydrogens (tertiary/aromatic N) is 2. The molecule has 2 N–H and O–H groups in total. The molecule has 0 aromatic carbocycles. The monoisotopic (exact) mass is 219 g/mol. The highest BCUT2D eigenvalue weighted by Crippen LogP contribution is 2.19. The van der Waals surface area contributed by atoms with Crippen molar-refractivity contribution in [1.29, 1.82) is 0 Å². The van der Waals surface area contributed by atoms with E-state index in [2.05, 4.69) is 28.9 Å². The second-order valence-corrected chi connectivity index (χ2v) is 4.67. The van der Waals surface area contributed by atoms with Gasteiger partial charge in [-0.1, -0.05) is 6.42 Å². The van der Waals surface area contributed by atoms with Gasteiger partial charge in [-0.25, -0.2) is 0 Å². The van der Waals surface area contributed by atoms with Gasteiger partial charge in [-0.2, -0.15) is 0 Å². The van der Waals surface area contributed by atoms with Gasteiger partial charge in [-0.3, -0.25) is 9.88 Å². The Hall–Kier alpha value is -0.930. The predicted octanol–water partition coefficient (Wildman–Crippen LogP) is 1.91. The summed E-state index contributed by atoms with van der Waals surface area (Å²) in [6, 6.07) is 4.94. The zero-order valence-corrected chi connectivity index (χ0v) is 10.0. The molecule has 0 saturated carbocycles. The van der Waals surface area contributed by atoms with Crippen LogP contribution in [0.2, 0.25) is 0 Å². The Labute approximate surface area is 97.7 Å². The first-order valence-electron chi connectivity index (χ1n) is 6.17. The average molecular weight is 219 g/mol. The highest BCUT2D eigenvalue weighted by atomic mass is 15.2. The summed E-state index contributed by atoms with van der Waals surface area (Å²) in [6.07, 6.45) is 5.90. The van der Waals surface area contributed by atoms with E-state index in [0.29, 0.717) is 12.6 Å². The fourth-order valence-corrected chi connectivity index (χ4v) is 2.37. The lowest BCUT2D eigenvalue weighted by Gasteiger charge is -2.33. The van der Waals surface area contributed by atoms with Crippen molar-refractivity contribution in [3.63, 3.8) is 0 Å². The molecular weight excluding hydrogens is 198 g/mol. The van der Waals surface area contributed by atoms with Gasteiger partial charge in [0.15, 0.2) is 0 Å². The van der Waals surface area contributed by atoms with Crippen molar-refractivity contribution in [2.45, 2.75) is 45.3 Å². The van der Waals surface area contributed by atoms with Crippen molar-refractivity contribution >= 4 is 0 Å². The van der Waals surface area contributed by atoms with Crippen LogP contribution in [-0.4, -0.2) is 22.5 Å². The van der Waals surface area contributed by atoms with E-state index in [4.69, 9.17) is 5.73 Å². The van der Waals surface area contributed by atoms with Crippen LogP contribution in [0.15, 0.2) is 18.3 Å². The first-order chi connectivity index (χ1) is 7.79. The Kier molecular flexibility index (Phi) is 3.91. The van der Waals surface area contributed by atoms with Gasteiger partial charge in [-0.05, 0) is 44.0 Å². The van der Waals surface area contributed by atoms with Gasteiger partial charge in [0.1, 0.15) is 0 Å². The lowest BCUT2D eigenvalue weighted by atomic mass is 10.0. The summed E-state index contributed by atoms with van der Waals surface area (Å²) in [7, 11) is 0. The molecule has 3 heteroatoms. The van der Waals surface area contributed by atoms with E-state index in [0.717, 1.165) is 12.2 Å². The highest BCUT2D eigenvalue weighted by Gasteiger charge is 2.17. The Morgan fingerprint density at radius 3 is 3.12 bits per heavy atom. The molecule has 1 fully saturated rings. The maximum Gasteiger partial charge on any atom is 0.0542 e. The molecule has 88 valence electrons. The number of nitrogens with two attached hydrogens (primary N) is 1. The SMILES string of the molecule is CC1CCCCN1Cc1ccnc(CN)c1. The summed E-state index contributed by atoms with van der Waals surface area (Å²) in [5, 5.41) is 0. The zero-order valence-electron chi connectivity index (χ0n) is 10.0. The molecule has 1 atom stereocenters. The van der Waals surface area contributed by atoms with Gasteiger partial charge in [0, 0.05) is 25.3 Å². The molecule has 2 rings (SSSR count). The second kappa shape index (κ2) is 5.41. The van der Waals surface area contributed by atoms with E-state index in [-0.39, 0.29) is 0 Å². The van der Waals surface area contributed by atoms with Crippen LogP contribution in [0, 0.1) is 0 Å². The van der Waals surface area contributed by atoms with E-state index in [1.54, 1.807) is 0 Å². The molecule has 1 unspecified atom stereocenters. The number of aromatic nitrogens is 1. The van der Waals surface area contributed by atoms with Crippen molar-refractivity contribution in [1.82, 2.24) is 9.88 Å². The van der Waals surface area contributed by atoms with Gasteiger partial charge in [0.25, 0.3) is 0 Å². The highest BCUT2D eigenvalue weighted by molar-refractivity contribution is 5.16. The third-order valence-corrected chi connectivity index (χ3v) is 3.42. The summed E-state index contributed by atoms with van der Waals surface area (Å²) in [6.45, 7) is 5.12. The van der Waals surface area contributed by atoms with Crippen LogP contribution < -0.4 is 5.73 Å². The molecule has 0 bridgehead atoms. The molecular formula is C13H21N3. The Balaban J connectivity index is 2.01. The van der Waals surface area contributed by atoms with E-state index in [9.17, 15) is 0 Å². The molecule has 0 radical (unpaired) electrons. The molecule has 16 heavy (non-hydrogen) atoms. The quantitative estimate of drug-likeness (QED) is 0.844. The molecule has 1 aliphatic rings. The van der Waals surface area contributed by atoms with E-state index < -0.39 is 0 Å². The predicted molar refractivity (Wildman–Crippen MR) is 65.9 cm³/mol. The normalized spacial score (nSPS) is 22.2. The number of pyridine rings is 1. The molecule has 1 aromatic heterocycles. The Morgan fingerprint density at radius 2 is 2.38 bits per heavy atom. The fraction of sp³-hybridized carbons (Fsp3) is 0.615. The number of hydrogen-bond acceptors (Lipinski definition) is 3. The molecule has 0 spiro atoms. The number of hydrogen-bond donors (Lipinski definition) is 1. The van der Waals surface area contributed by atoms with E-state index in [1.165, 1.54) is 31.4 Å². The minimum atomic E-state index is 0.531. The summed E-state index contributed by atoms with van der Waals surface area (Å²) in [4.78, 5) is 6.78. The zero-order chi connectivity index (χ0) is 11.4. The Bertz CT molecular complexity index is 338. The molecule has 0 aliphatic carbocycles. The Morgan fingerprint density at radius 1 is 1.50 bits per heavy atom. The lowest BCUT2D eigenvalue weighted by molar-refractivity contribution is 0.152. The molecule has 1 aliphatic heterocycles. The molecule has 0 amide bonds. The number of rotatable bonds is 3. The van der Waals surface area contributed by atoms with Crippen LogP contribution in [0.4, 0.5) is 0 Å². The van der Waals surface area contributed by atoms with Crippen molar-refractivity contribution in [3.8, 4) is 0 Å². The molecule has 2 heterocycles. The lowest BCUT2D eigenvalue weighted by Crippen LogP contribution is -2.36. The standard InChI is InChI=1S/C13H21N3/c1-11-4-2-3-7-16(11)10-12-5-6-15-13(8-12)9-14/h5-6,8,11H,2-4,7,9-10,14H2,1H3. The van der Waals surface area contributed by atoms with Gasteiger partial charge in [-0.15, -0.1) is 0 Å². The van der Waals surface area contributed by atoms with Crippen LogP contribution in [0.3, 0.4) is 0 Å². The van der Waals surface area contributed by atoms with Crippen molar-refractivity contribution in [3.05, 3.63) is 29.6 Å². The van der Waals surface area contributed by atoms with Crippen molar-refractivity contribution in [2.24, 2.45) is 5.73 Å². The van der Waals surface area contributed by atoms with Crippen molar-refractivity contribution < 1.29 is 0 Å². The largest absolute Gasteiger partial charge is 0.325 e. The first kappa shape index (κ1) is 11.6. The summed E-state index contributed by atoms with van der Waals surface area (Å²) < 4.78 is 0. The summed E-state index contributed by atoms with van der Waals surface area (Å²) in [5.41, 5.74) is 7.93. The fourth-order valence-electron chi connectivity index (χ4n) is 2.37. The van der Waals surface area contributed by atoms with Gasteiger partial charge in [0.05, 0.1) is 5.69 Å². The van der Waals surface area contributed by atoms with Crippen LogP contribution in [0.5, 0.6) is 0 Å². The summed E-state index contributed by atoms with van der Waals surface area (Å²) >= 11 is 0. The topological polar surface area (TPSA) is 42.2 Å². The van der Waals surface area contributed by atoms with Crippen molar-refractivity contribution in [2.75, 3.05) is 6.54 Å². The smallest absolute Gasteiger partial charge is 0.0542 e. The second-order valence-electron chi connectivity index (χ2n) is 4.67. The van der Waals surface area contributed by atoms with E-state index >= 15 is 0 Å². The maximum atomic E-state index is 5.60.